The van der Waals surface area contributed by atoms with Crippen LogP contribution in [0.3, 0.4) is 0 Å². The van der Waals surface area contributed by atoms with Gasteiger partial charge in [-0.3, -0.25) is 9.59 Å². The molecule has 1 saturated heterocycles. The van der Waals surface area contributed by atoms with Crippen LogP contribution in [-0.2, 0) is 11.2 Å². The number of nitrogens with zero attached hydrogens (tertiary/aromatic N) is 2. The van der Waals surface area contributed by atoms with Crippen molar-refractivity contribution in [3.63, 3.8) is 0 Å². The number of carbonyl (C=O) groups is 2. The SMILES string of the molecule is CCOc1ccccc1CCC(=O)N1CCN(C(=O)c2ccc(OC)cc2)CC1. The number of methoxy groups -OCH3 is 1. The Hall–Kier alpha value is -3.02. The summed E-state index contributed by atoms with van der Waals surface area (Å²) in [6.45, 7) is 4.78. The summed E-state index contributed by atoms with van der Waals surface area (Å²) in [7, 11) is 1.60. The van der Waals surface area contributed by atoms with Gasteiger partial charge in [-0.2, -0.15) is 0 Å². The van der Waals surface area contributed by atoms with Gasteiger partial charge in [0, 0.05) is 38.2 Å². The van der Waals surface area contributed by atoms with Crippen molar-refractivity contribution in [2.24, 2.45) is 0 Å². The molecule has 0 unspecified atom stereocenters. The molecule has 1 heterocycles. The number of rotatable bonds is 7. The lowest BCUT2D eigenvalue weighted by molar-refractivity contribution is -0.132. The summed E-state index contributed by atoms with van der Waals surface area (Å²) in [4.78, 5) is 28.9. The van der Waals surface area contributed by atoms with Crippen LogP contribution in [0.4, 0.5) is 0 Å². The van der Waals surface area contributed by atoms with Crippen LogP contribution < -0.4 is 9.47 Å². The fourth-order valence-electron chi connectivity index (χ4n) is 3.48. The van der Waals surface area contributed by atoms with Gasteiger partial charge in [0.15, 0.2) is 0 Å². The largest absolute Gasteiger partial charge is 0.497 e. The van der Waals surface area contributed by atoms with Gasteiger partial charge in [0.25, 0.3) is 5.91 Å². The van der Waals surface area contributed by atoms with Crippen LogP contribution in [0.1, 0.15) is 29.3 Å². The summed E-state index contributed by atoms with van der Waals surface area (Å²) in [5.41, 5.74) is 1.69. The van der Waals surface area contributed by atoms with E-state index in [1.807, 2.05) is 36.1 Å². The van der Waals surface area contributed by atoms with Crippen molar-refractivity contribution in [1.82, 2.24) is 9.80 Å². The predicted molar refractivity (Wildman–Crippen MR) is 111 cm³/mol. The molecule has 154 valence electrons. The fraction of sp³-hybridized carbons (Fsp3) is 0.391. The lowest BCUT2D eigenvalue weighted by Crippen LogP contribution is -2.50. The summed E-state index contributed by atoms with van der Waals surface area (Å²) in [6.07, 6.45) is 1.09. The number of ether oxygens (including phenoxy) is 2. The minimum Gasteiger partial charge on any atom is -0.497 e. The van der Waals surface area contributed by atoms with Gasteiger partial charge in [-0.05, 0) is 49.2 Å². The van der Waals surface area contributed by atoms with Crippen molar-refractivity contribution >= 4 is 11.8 Å². The van der Waals surface area contributed by atoms with Crippen molar-refractivity contribution < 1.29 is 19.1 Å². The third-order valence-electron chi connectivity index (χ3n) is 5.14. The molecule has 3 rings (SSSR count). The molecule has 6 nitrogen and oxygen atoms in total. The van der Waals surface area contributed by atoms with E-state index in [9.17, 15) is 9.59 Å². The lowest BCUT2D eigenvalue weighted by atomic mass is 10.1. The summed E-state index contributed by atoms with van der Waals surface area (Å²) in [6, 6.07) is 15.0. The van der Waals surface area contributed by atoms with Crippen molar-refractivity contribution in [3.05, 3.63) is 59.7 Å². The highest BCUT2D eigenvalue weighted by Crippen LogP contribution is 2.20. The van der Waals surface area contributed by atoms with E-state index >= 15 is 0 Å². The molecule has 1 aliphatic heterocycles. The average Bonchev–Trinajstić information content (AvgIpc) is 2.78. The molecule has 0 aliphatic carbocycles. The number of piperazine rings is 1. The first-order valence-electron chi connectivity index (χ1n) is 10.0. The number of hydrogen-bond donors (Lipinski definition) is 0. The molecule has 0 N–H and O–H groups in total. The van der Waals surface area contributed by atoms with E-state index in [2.05, 4.69) is 0 Å². The summed E-state index contributed by atoms with van der Waals surface area (Å²) in [5, 5.41) is 0. The number of amides is 2. The zero-order valence-corrected chi connectivity index (χ0v) is 17.1. The molecule has 29 heavy (non-hydrogen) atoms. The molecule has 0 radical (unpaired) electrons. The van der Waals surface area contributed by atoms with E-state index in [0.717, 1.165) is 17.1 Å². The van der Waals surface area contributed by atoms with Crippen LogP contribution in [0.5, 0.6) is 11.5 Å². The number of aryl methyl sites for hydroxylation is 1. The second-order valence-corrected chi connectivity index (χ2v) is 6.94. The molecule has 2 amide bonds. The number of benzene rings is 2. The van der Waals surface area contributed by atoms with E-state index in [4.69, 9.17) is 9.47 Å². The second kappa shape index (κ2) is 9.96. The highest BCUT2D eigenvalue weighted by molar-refractivity contribution is 5.94. The Kier molecular flexibility index (Phi) is 7.11. The quantitative estimate of drug-likeness (QED) is 0.722. The van der Waals surface area contributed by atoms with E-state index in [0.29, 0.717) is 51.2 Å². The highest BCUT2D eigenvalue weighted by Gasteiger charge is 2.24. The zero-order valence-electron chi connectivity index (χ0n) is 17.1. The highest BCUT2D eigenvalue weighted by atomic mass is 16.5. The molecule has 2 aromatic carbocycles. The van der Waals surface area contributed by atoms with Crippen LogP contribution in [0.2, 0.25) is 0 Å². The maximum Gasteiger partial charge on any atom is 0.253 e. The Morgan fingerprint density at radius 2 is 1.59 bits per heavy atom. The van der Waals surface area contributed by atoms with Crippen LogP contribution in [0.25, 0.3) is 0 Å². The minimum absolute atomic E-state index is 0.00889. The van der Waals surface area contributed by atoms with Crippen molar-refractivity contribution in [2.45, 2.75) is 19.8 Å². The summed E-state index contributed by atoms with van der Waals surface area (Å²) < 4.78 is 10.8. The molecular weight excluding hydrogens is 368 g/mol. The zero-order chi connectivity index (χ0) is 20.6. The van der Waals surface area contributed by atoms with E-state index < -0.39 is 0 Å². The normalized spacial score (nSPS) is 13.9. The smallest absolute Gasteiger partial charge is 0.253 e. The Balaban J connectivity index is 1.49. The molecule has 6 heteroatoms. The summed E-state index contributed by atoms with van der Waals surface area (Å²) >= 11 is 0. The molecule has 0 aromatic heterocycles. The molecule has 0 bridgehead atoms. The standard InChI is InChI=1S/C23H28N2O4/c1-3-29-21-7-5-4-6-18(21)10-13-22(26)24-14-16-25(17-15-24)23(27)19-8-11-20(28-2)12-9-19/h4-9,11-12H,3,10,13-17H2,1-2H3. The Labute approximate surface area is 172 Å². The van der Waals surface area contributed by atoms with Gasteiger partial charge in [0.1, 0.15) is 11.5 Å². The maximum atomic E-state index is 12.7. The number of carbonyl (C=O) groups excluding carboxylic acids is 2. The molecule has 1 fully saturated rings. The Morgan fingerprint density at radius 3 is 2.24 bits per heavy atom. The lowest BCUT2D eigenvalue weighted by Gasteiger charge is -2.35. The summed E-state index contributed by atoms with van der Waals surface area (Å²) in [5.74, 6) is 1.68. The van der Waals surface area contributed by atoms with Gasteiger partial charge in [0.05, 0.1) is 13.7 Å². The topological polar surface area (TPSA) is 59.1 Å². The van der Waals surface area contributed by atoms with E-state index in [1.54, 1.807) is 36.3 Å². The van der Waals surface area contributed by atoms with Gasteiger partial charge in [-0.25, -0.2) is 0 Å². The third-order valence-corrected chi connectivity index (χ3v) is 5.14. The molecule has 0 saturated carbocycles. The van der Waals surface area contributed by atoms with Crippen LogP contribution in [0.15, 0.2) is 48.5 Å². The van der Waals surface area contributed by atoms with Crippen LogP contribution >= 0.6 is 0 Å². The Bertz CT molecular complexity index is 827. The van der Waals surface area contributed by atoms with Gasteiger partial charge < -0.3 is 19.3 Å². The minimum atomic E-state index is -0.00889. The first kappa shape index (κ1) is 20.7. The second-order valence-electron chi connectivity index (χ2n) is 6.94. The molecular formula is C23H28N2O4. The fourth-order valence-corrected chi connectivity index (χ4v) is 3.48. The van der Waals surface area contributed by atoms with Crippen LogP contribution in [-0.4, -0.2) is 61.5 Å². The van der Waals surface area contributed by atoms with Crippen LogP contribution in [0, 0.1) is 0 Å². The molecule has 0 spiro atoms. The third kappa shape index (κ3) is 5.28. The maximum absolute atomic E-state index is 12.7. The Morgan fingerprint density at radius 1 is 0.931 bits per heavy atom. The number of para-hydroxylation sites is 1. The molecule has 1 aliphatic rings. The van der Waals surface area contributed by atoms with Gasteiger partial charge in [-0.15, -0.1) is 0 Å². The van der Waals surface area contributed by atoms with E-state index in [1.165, 1.54) is 0 Å². The van der Waals surface area contributed by atoms with Crippen molar-refractivity contribution in [2.75, 3.05) is 39.9 Å². The molecule has 2 aromatic rings. The van der Waals surface area contributed by atoms with E-state index in [-0.39, 0.29) is 11.8 Å². The number of hydrogen-bond acceptors (Lipinski definition) is 4. The first-order valence-corrected chi connectivity index (χ1v) is 10.0. The average molecular weight is 396 g/mol. The predicted octanol–water partition coefficient (Wildman–Crippen LogP) is 3.01. The van der Waals surface area contributed by atoms with Gasteiger partial charge >= 0.3 is 0 Å². The monoisotopic (exact) mass is 396 g/mol. The molecule has 0 atom stereocenters. The van der Waals surface area contributed by atoms with Gasteiger partial charge in [0.2, 0.25) is 5.91 Å². The van der Waals surface area contributed by atoms with Gasteiger partial charge in [-0.1, -0.05) is 18.2 Å². The van der Waals surface area contributed by atoms with Crippen molar-refractivity contribution in [1.29, 1.82) is 0 Å². The van der Waals surface area contributed by atoms with Crippen molar-refractivity contribution in [3.8, 4) is 11.5 Å². The first-order chi connectivity index (χ1) is 14.1.